The van der Waals surface area contributed by atoms with Crippen molar-refractivity contribution >= 4 is 5.97 Å². The summed E-state index contributed by atoms with van der Waals surface area (Å²) < 4.78 is 4.98. The van der Waals surface area contributed by atoms with Gasteiger partial charge < -0.3 is 4.74 Å². The SMILES string of the molecule is CCOC(=O)CN(C)CC1=CCC2CC1C2(C)C. The van der Waals surface area contributed by atoms with Crippen LogP contribution in [0.15, 0.2) is 11.6 Å². The van der Waals surface area contributed by atoms with Gasteiger partial charge in [-0.05, 0) is 44.1 Å². The summed E-state index contributed by atoms with van der Waals surface area (Å²) in [5, 5.41) is 0. The van der Waals surface area contributed by atoms with E-state index in [0.29, 0.717) is 18.6 Å². The molecule has 0 heterocycles. The molecule has 0 N–H and O–H groups in total. The number of rotatable bonds is 5. The molecule has 2 bridgehead atoms. The first-order chi connectivity index (χ1) is 8.45. The number of esters is 1. The fraction of sp³-hybridized carbons (Fsp3) is 0.800. The van der Waals surface area contributed by atoms with Gasteiger partial charge in [0.25, 0.3) is 0 Å². The molecule has 3 aliphatic carbocycles. The molecule has 0 aliphatic heterocycles. The summed E-state index contributed by atoms with van der Waals surface area (Å²) in [7, 11) is 2.00. The van der Waals surface area contributed by atoms with Crippen molar-refractivity contribution in [2.24, 2.45) is 17.3 Å². The van der Waals surface area contributed by atoms with E-state index in [1.807, 2.05) is 14.0 Å². The zero-order valence-electron chi connectivity index (χ0n) is 12.0. The van der Waals surface area contributed by atoms with Crippen molar-refractivity contribution < 1.29 is 9.53 Å². The molecule has 18 heavy (non-hydrogen) atoms. The molecule has 0 aromatic carbocycles. The number of hydrogen-bond donors (Lipinski definition) is 0. The van der Waals surface area contributed by atoms with Crippen LogP contribution in [0, 0.1) is 17.3 Å². The lowest BCUT2D eigenvalue weighted by Crippen LogP contribution is -2.49. The van der Waals surface area contributed by atoms with Gasteiger partial charge in [-0.3, -0.25) is 9.69 Å². The van der Waals surface area contributed by atoms with Gasteiger partial charge in [0.15, 0.2) is 0 Å². The van der Waals surface area contributed by atoms with Crippen molar-refractivity contribution in [1.29, 1.82) is 0 Å². The molecule has 102 valence electrons. The van der Waals surface area contributed by atoms with Gasteiger partial charge in [0.2, 0.25) is 0 Å². The molecule has 3 nitrogen and oxygen atoms in total. The van der Waals surface area contributed by atoms with Gasteiger partial charge in [-0.25, -0.2) is 0 Å². The first-order valence-corrected chi connectivity index (χ1v) is 6.98. The molecule has 0 amide bonds. The van der Waals surface area contributed by atoms with E-state index in [4.69, 9.17) is 4.74 Å². The van der Waals surface area contributed by atoms with Gasteiger partial charge >= 0.3 is 5.97 Å². The molecule has 3 aliphatic rings. The molecular formula is C15H25NO2. The minimum Gasteiger partial charge on any atom is -0.465 e. The van der Waals surface area contributed by atoms with Crippen molar-refractivity contribution in [3.63, 3.8) is 0 Å². The Kier molecular flexibility index (Phi) is 3.81. The van der Waals surface area contributed by atoms with E-state index in [9.17, 15) is 4.79 Å². The standard InChI is InChI=1S/C15H25NO2/c1-5-18-14(17)10-16(4)9-11-6-7-12-8-13(11)15(12,2)3/h6,12-13H,5,7-10H2,1-4H3. The molecule has 1 saturated carbocycles. The van der Waals surface area contributed by atoms with Gasteiger partial charge in [0, 0.05) is 6.54 Å². The quantitative estimate of drug-likeness (QED) is 0.555. The molecule has 1 fully saturated rings. The minimum atomic E-state index is -0.123. The average molecular weight is 251 g/mol. The molecule has 3 rings (SSSR count). The highest BCUT2D eigenvalue weighted by atomic mass is 16.5. The Labute approximate surface area is 110 Å². The van der Waals surface area contributed by atoms with Gasteiger partial charge in [0.05, 0.1) is 13.2 Å². The second kappa shape index (κ2) is 5.04. The molecule has 0 saturated heterocycles. The van der Waals surface area contributed by atoms with Crippen molar-refractivity contribution in [1.82, 2.24) is 4.90 Å². The summed E-state index contributed by atoms with van der Waals surface area (Å²) in [5.74, 6) is 1.48. The topological polar surface area (TPSA) is 29.5 Å². The maximum atomic E-state index is 11.4. The predicted octanol–water partition coefficient (Wildman–Crippen LogP) is 2.47. The fourth-order valence-electron chi connectivity index (χ4n) is 3.45. The second-order valence-electron chi connectivity index (χ2n) is 6.30. The Hall–Kier alpha value is -0.830. The van der Waals surface area contributed by atoms with E-state index in [1.165, 1.54) is 18.4 Å². The number of carbonyl (C=O) groups excluding carboxylic acids is 1. The maximum absolute atomic E-state index is 11.4. The Balaban J connectivity index is 1.87. The summed E-state index contributed by atoms with van der Waals surface area (Å²) in [6.07, 6.45) is 4.95. The Morgan fingerprint density at radius 1 is 1.56 bits per heavy atom. The van der Waals surface area contributed by atoms with Crippen LogP contribution in [0.1, 0.15) is 33.6 Å². The van der Waals surface area contributed by atoms with Gasteiger partial charge in [-0.1, -0.05) is 25.5 Å². The van der Waals surface area contributed by atoms with Crippen LogP contribution in [0.4, 0.5) is 0 Å². The van der Waals surface area contributed by atoms with Crippen LogP contribution in [-0.2, 0) is 9.53 Å². The van der Waals surface area contributed by atoms with Crippen molar-refractivity contribution in [2.45, 2.75) is 33.6 Å². The Morgan fingerprint density at radius 3 is 2.83 bits per heavy atom. The summed E-state index contributed by atoms with van der Waals surface area (Å²) in [5.41, 5.74) is 1.99. The fourth-order valence-corrected chi connectivity index (χ4v) is 3.45. The number of fused-ring (bicyclic) bond motifs is 1. The third kappa shape index (κ3) is 2.46. The zero-order chi connectivity index (χ0) is 13.3. The molecule has 0 aromatic heterocycles. The average Bonchev–Trinajstić information content (AvgIpc) is 2.28. The molecule has 2 unspecified atom stereocenters. The third-order valence-corrected chi connectivity index (χ3v) is 4.74. The van der Waals surface area contributed by atoms with Crippen molar-refractivity contribution in [3.8, 4) is 0 Å². The number of ether oxygens (including phenoxy) is 1. The van der Waals surface area contributed by atoms with Crippen molar-refractivity contribution in [2.75, 3.05) is 26.7 Å². The van der Waals surface area contributed by atoms with Crippen LogP contribution in [0.25, 0.3) is 0 Å². The van der Waals surface area contributed by atoms with E-state index in [1.54, 1.807) is 0 Å². The first kappa shape index (κ1) is 13.6. The molecule has 0 radical (unpaired) electrons. The third-order valence-electron chi connectivity index (χ3n) is 4.74. The molecular weight excluding hydrogens is 226 g/mol. The molecule has 0 aromatic rings. The number of allylic oxidation sites excluding steroid dienone is 1. The van der Waals surface area contributed by atoms with Crippen LogP contribution >= 0.6 is 0 Å². The minimum absolute atomic E-state index is 0.123. The largest absolute Gasteiger partial charge is 0.465 e. The van der Waals surface area contributed by atoms with Gasteiger partial charge in [-0.2, -0.15) is 0 Å². The summed E-state index contributed by atoms with van der Waals surface area (Å²) in [6.45, 7) is 8.36. The number of hydrogen-bond acceptors (Lipinski definition) is 3. The second-order valence-corrected chi connectivity index (χ2v) is 6.30. The smallest absolute Gasteiger partial charge is 0.320 e. The normalized spacial score (nSPS) is 28.6. The van der Waals surface area contributed by atoms with E-state index in [-0.39, 0.29) is 5.97 Å². The van der Waals surface area contributed by atoms with Crippen molar-refractivity contribution in [3.05, 3.63) is 11.6 Å². The first-order valence-electron chi connectivity index (χ1n) is 6.98. The lowest BCUT2D eigenvalue weighted by Gasteiger charge is -2.56. The highest BCUT2D eigenvalue weighted by Crippen LogP contribution is 2.59. The van der Waals surface area contributed by atoms with Crippen LogP contribution in [0.3, 0.4) is 0 Å². The monoisotopic (exact) mass is 251 g/mol. The van der Waals surface area contributed by atoms with Gasteiger partial charge in [-0.15, -0.1) is 0 Å². The highest BCUT2D eigenvalue weighted by molar-refractivity contribution is 5.71. The maximum Gasteiger partial charge on any atom is 0.320 e. The van der Waals surface area contributed by atoms with Crippen LogP contribution in [-0.4, -0.2) is 37.6 Å². The summed E-state index contributed by atoms with van der Waals surface area (Å²) in [6, 6.07) is 0. The van der Waals surface area contributed by atoms with Crippen LogP contribution in [0.5, 0.6) is 0 Å². The molecule has 3 heteroatoms. The van der Waals surface area contributed by atoms with E-state index in [0.717, 1.165) is 18.4 Å². The molecule has 0 spiro atoms. The van der Waals surface area contributed by atoms with Crippen LogP contribution in [0.2, 0.25) is 0 Å². The van der Waals surface area contributed by atoms with E-state index < -0.39 is 0 Å². The van der Waals surface area contributed by atoms with Gasteiger partial charge in [0.1, 0.15) is 0 Å². The Bertz CT molecular complexity index is 360. The van der Waals surface area contributed by atoms with E-state index >= 15 is 0 Å². The number of nitrogens with zero attached hydrogens (tertiary/aromatic N) is 1. The predicted molar refractivity (Wildman–Crippen MR) is 72.2 cm³/mol. The van der Waals surface area contributed by atoms with E-state index in [2.05, 4.69) is 24.8 Å². The zero-order valence-corrected chi connectivity index (χ0v) is 12.0. The summed E-state index contributed by atoms with van der Waals surface area (Å²) >= 11 is 0. The lowest BCUT2D eigenvalue weighted by atomic mass is 9.49. The number of likely N-dealkylation sites (N-methyl/N-ethyl adjacent to an activating group) is 1. The highest BCUT2D eigenvalue weighted by Gasteiger charge is 2.50. The Morgan fingerprint density at radius 2 is 2.28 bits per heavy atom. The number of carbonyl (C=O) groups is 1. The summed E-state index contributed by atoms with van der Waals surface area (Å²) in [4.78, 5) is 13.5. The van der Waals surface area contributed by atoms with Crippen LogP contribution < -0.4 is 0 Å². The lowest BCUT2D eigenvalue weighted by molar-refractivity contribution is -0.144. The molecule has 2 atom stereocenters.